The van der Waals surface area contributed by atoms with E-state index in [-0.39, 0.29) is 5.60 Å². The van der Waals surface area contributed by atoms with Gasteiger partial charge >= 0.3 is 0 Å². The second-order valence-electron chi connectivity index (χ2n) is 6.74. The van der Waals surface area contributed by atoms with Crippen LogP contribution in [-0.4, -0.2) is 24.5 Å². The first-order valence-electron chi connectivity index (χ1n) is 7.78. The van der Waals surface area contributed by atoms with Gasteiger partial charge in [0, 0.05) is 22.4 Å². The Labute approximate surface area is 135 Å². The molecule has 0 N–H and O–H groups in total. The maximum atomic E-state index is 5.97. The molecular formula is C18H18ClNO2. The van der Waals surface area contributed by atoms with Crippen LogP contribution in [0.5, 0.6) is 0 Å². The number of benzene rings is 1. The maximum Gasteiger partial charge on any atom is 0.144 e. The number of ether oxygens (including phenoxy) is 1. The highest BCUT2D eigenvalue weighted by atomic mass is 35.5. The van der Waals surface area contributed by atoms with Gasteiger partial charge in [-0.1, -0.05) is 28.7 Å². The molecule has 2 spiro atoms. The average molecular weight is 316 g/mol. The van der Waals surface area contributed by atoms with Crippen molar-refractivity contribution in [1.29, 1.82) is 0 Å². The van der Waals surface area contributed by atoms with Crippen LogP contribution in [0.3, 0.4) is 0 Å². The molecule has 114 valence electrons. The SMILES string of the molecule is Clc1cccc(C#CC2=NOC3(CCC4(CC3)COC4)C2)c1. The van der Waals surface area contributed by atoms with Gasteiger partial charge in [-0.2, -0.15) is 0 Å². The maximum absolute atomic E-state index is 5.97. The molecule has 22 heavy (non-hydrogen) atoms. The van der Waals surface area contributed by atoms with Gasteiger partial charge < -0.3 is 9.57 Å². The molecule has 0 amide bonds. The molecule has 1 saturated carbocycles. The van der Waals surface area contributed by atoms with Gasteiger partial charge in [0.15, 0.2) is 0 Å². The molecule has 1 aliphatic carbocycles. The standard InChI is InChI=1S/C18H18ClNO2/c19-15-3-1-2-14(10-15)4-5-16-11-18(22-20-16)8-6-17(7-9-18)12-21-13-17/h1-3,10H,6-9,11-13H2. The number of halogens is 1. The topological polar surface area (TPSA) is 30.8 Å². The lowest BCUT2D eigenvalue weighted by Crippen LogP contribution is -2.49. The Kier molecular flexibility index (Phi) is 3.40. The van der Waals surface area contributed by atoms with Crippen molar-refractivity contribution in [2.45, 2.75) is 37.7 Å². The van der Waals surface area contributed by atoms with Gasteiger partial charge in [0.2, 0.25) is 0 Å². The average Bonchev–Trinajstić information content (AvgIpc) is 2.88. The van der Waals surface area contributed by atoms with Crippen molar-refractivity contribution in [3.63, 3.8) is 0 Å². The van der Waals surface area contributed by atoms with Crippen molar-refractivity contribution in [2.24, 2.45) is 10.6 Å². The molecule has 3 nitrogen and oxygen atoms in total. The summed E-state index contributed by atoms with van der Waals surface area (Å²) >= 11 is 5.97. The molecule has 2 fully saturated rings. The predicted octanol–water partition coefficient (Wildman–Crippen LogP) is 3.80. The van der Waals surface area contributed by atoms with Crippen LogP contribution in [0.15, 0.2) is 29.4 Å². The summed E-state index contributed by atoms with van der Waals surface area (Å²) in [7, 11) is 0. The minimum absolute atomic E-state index is 0.112. The van der Waals surface area contributed by atoms with E-state index >= 15 is 0 Å². The fraction of sp³-hybridized carbons (Fsp3) is 0.500. The van der Waals surface area contributed by atoms with Crippen LogP contribution < -0.4 is 0 Å². The van der Waals surface area contributed by atoms with Crippen molar-refractivity contribution < 1.29 is 9.57 Å². The zero-order valence-corrected chi connectivity index (χ0v) is 13.2. The number of oxime groups is 1. The van der Waals surface area contributed by atoms with E-state index in [1.54, 1.807) is 0 Å². The highest BCUT2D eigenvalue weighted by molar-refractivity contribution is 6.30. The molecular weight excluding hydrogens is 298 g/mol. The molecule has 0 bridgehead atoms. The van der Waals surface area contributed by atoms with E-state index in [0.717, 1.165) is 43.8 Å². The van der Waals surface area contributed by atoms with Crippen molar-refractivity contribution in [1.82, 2.24) is 0 Å². The molecule has 0 aromatic heterocycles. The molecule has 3 aliphatic rings. The minimum atomic E-state index is -0.112. The third-order valence-corrected chi connectivity index (χ3v) is 5.29. The van der Waals surface area contributed by atoms with Gasteiger partial charge in [0.1, 0.15) is 11.3 Å². The smallest absolute Gasteiger partial charge is 0.144 e. The lowest BCUT2D eigenvalue weighted by Gasteiger charge is -2.48. The Morgan fingerprint density at radius 3 is 2.59 bits per heavy atom. The number of nitrogens with zero attached hydrogens (tertiary/aromatic N) is 1. The molecule has 1 saturated heterocycles. The van der Waals surface area contributed by atoms with Crippen LogP contribution in [0.4, 0.5) is 0 Å². The Morgan fingerprint density at radius 2 is 1.91 bits per heavy atom. The summed E-state index contributed by atoms with van der Waals surface area (Å²) in [6.07, 6.45) is 5.30. The van der Waals surface area contributed by atoms with Gasteiger partial charge in [-0.05, 0) is 49.8 Å². The first-order chi connectivity index (χ1) is 10.7. The Balaban J connectivity index is 1.40. The van der Waals surface area contributed by atoms with E-state index in [0.29, 0.717) is 10.4 Å². The Bertz CT molecular complexity index is 672. The summed E-state index contributed by atoms with van der Waals surface area (Å²) in [4.78, 5) is 5.79. The van der Waals surface area contributed by atoms with Crippen LogP contribution >= 0.6 is 11.6 Å². The summed E-state index contributed by atoms with van der Waals surface area (Å²) in [5.74, 6) is 6.26. The van der Waals surface area contributed by atoms with Crippen LogP contribution in [-0.2, 0) is 9.57 Å². The first-order valence-corrected chi connectivity index (χ1v) is 8.15. The third kappa shape index (κ3) is 2.62. The second-order valence-corrected chi connectivity index (χ2v) is 7.18. The van der Waals surface area contributed by atoms with Crippen LogP contribution in [0.25, 0.3) is 0 Å². The van der Waals surface area contributed by atoms with Gasteiger partial charge in [-0.25, -0.2) is 0 Å². The highest BCUT2D eigenvalue weighted by Gasteiger charge is 2.50. The van der Waals surface area contributed by atoms with Crippen molar-refractivity contribution >= 4 is 17.3 Å². The highest BCUT2D eigenvalue weighted by Crippen LogP contribution is 2.49. The molecule has 0 radical (unpaired) electrons. The fourth-order valence-corrected chi connectivity index (χ4v) is 3.67. The Hall–Kier alpha value is -1.50. The zero-order chi connectivity index (χ0) is 15.0. The molecule has 2 heterocycles. The summed E-state index contributed by atoms with van der Waals surface area (Å²) in [6, 6.07) is 7.57. The summed E-state index contributed by atoms with van der Waals surface area (Å²) in [6.45, 7) is 1.84. The predicted molar refractivity (Wildman–Crippen MR) is 85.9 cm³/mol. The summed E-state index contributed by atoms with van der Waals surface area (Å²) in [5.41, 5.74) is 2.08. The van der Waals surface area contributed by atoms with Crippen molar-refractivity contribution in [3.05, 3.63) is 34.9 Å². The van der Waals surface area contributed by atoms with Gasteiger partial charge in [0.25, 0.3) is 0 Å². The molecule has 0 atom stereocenters. The molecule has 1 aromatic carbocycles. The lowest BCUT2D eigenvalue weighted by molar-refractivity contribution is -0.165. The monoisotopic (exact) mass is 315 g/mol. The van der Waals surface area contributed by atoms with Crippen molar-refractivity contribution in [2.75, 3.05) is 13.2 Å². The van der Waals surface area contributed by atoms with Gasteiger partial charge in [0.05, 0.1) is 13.2 Å². The minimum Gasteiger partial charge on any atom is -0.388 e. The van der Waals surface area contributed by atoms with E-state index < -0.39 is 0 Å². The van der Waals surface area contributed by atoms with E-state index in [2.05, 4.69) is 17.0 Å². The van der Waals surface area contributed by atoms with Crippen molar-refractivity contribution in [3.8, 4) is 11.8 Å². The normalized spacial score (nSPS) is 24.1. The van der Waals surface area contributed by atoms with Crippen LogP contribution in [0.1, 0.15) is 37.7 Å². The molecule has 4 heteroatoms. The van der Waals surface area contributed by atoms with E-state index in [1.165, 1.54) is 12.8 Å². The lowest BCUT2D eigenvalue weighted by atomic mass is 9.66. The summed E-state index contributed by atoms with van der Waals surface area (Å²) in [5, 5.41) is 4.92. The Morgan fingerprint density at radius 1 is 1.09 bits per heavy atom. The number of rotatable bonds is 0. The van der Waals surface area contributed by atoms with E-state index in [1.807, 2.05) is 24.3 Å². The second kappa shape index (κ2) is 5.30. The molecule has 1 aromatic rings. The number of hydrogen-bond acceptors (Lipinski definition) is 3. The zero-order valence-electron chi connectivity index (χ0n) is 12.4. The molecule has 2 aliphatic heterocycles. The number of hydrogen-bond donors (Lipinski definition) is 0. The first kappa shape index (κ1) is 14.1. The molecule has 0 unspecified atom stereocenters. The largest absolute Gasteiger partial charge is 0.388 e. The van der Waals surface area contributed by atoms with Gasteiger partial charge in [-0.3, -0.25) is 0 Å². The quantitative estimate of drug-likeness (QED) is 0.682. The van der Waals surface area contributed by atoms with Gasteiger partial charge in [-0.15, -0.1) is 0 Å². The van der Waals surface area contributed by atoms with Crippen LogP contribution in [0, 0.1) is 17.3 Å². The molecule has 4 rings (SSSR count). The van der Waals surface area contributed by atoms with Crippen LogP contribution in [0.2, 0.25) is 5.02 Å². The van der Waals surface area contributed by atoms with E-state index in [4.69, 9.17) is 21.2 Å². The van der Waals surface area contributed by atoms with E-state index in [9.17, 15) is 0 Å². The third-order valence-electron chi connectivity index (χ3n) is 5.05. The summed E-state index contributed by atoms with van der Waals surface area (Å²) < 4.78 is 5.38. The fourth-order valence-electron chi connectivity index (χ4n) is 3.48.